The summed E-state index contributed by atoms with van der Waals surface area (Å²) in [5, 5.41) is 2.05. The van der Waals surface area contributed by atoms with Crippen LogP contribution in [0.1, 0.15) is 17.2 Å². The number of benzene rings is 1. The molecule has 0 spiro atoms. The minimum absolute atomic E-state index is 0.0494. The van der Waals surface area contributed by atoms with Crippen LogP contribution in [0.3, 0.4) is 0 Å². The van der Waals surface area contributed by atoms with E-state index >= 15 is 0 Å². The van der Waals surface area contributed by atoms with Gasteiger partial charge in [0.2, 0.25) is 0 Å². The summed E-state index contributed by atoms with van der Waals surface area (Å²) < 4.78 is 14.7. The highest BCUT2D eigenvalue weighted by molar-refractivity contribution is 14.1. The topological polar surface area (TPSA) is 38.0 Å². The third-order valence-electron chi connectivity index (χ3n) is 2.57. The fourth-order valence-corrected chi connectivity index (χ4v) is 3.09. The fraction of sp³-hybridized carbons (Fsp3) is 0.167. The molecule has 2 rings (SSSR count). The third kappa shape index (κ3) is 3.25. The fourth-order valence-electron chi connectivity index (χ4n) is 1.66. The van der Waals surface area contributed by atoms with Crippen molar-refractivity contribution in [1.82, 2.24) is 5.43 Å². The van der Waals surface area contributed by atoms with Crippen LogP contribution in [0.5, 0.6) is 0 Å². The van der Waals surface area contributed by atoms with Gasteiger partial charge in [-0.25, -0.2) is 4.39 Å². The van der Waals surface area contributed by atoms with Gasteiger partial charge >= 0.3 is 0 Å². The van der Waals surface area contributed by atoms with Gasteiger partial charge in [-0.3, -0.25) is 11.3 Å². The van der Waals surface area contributed by atoms with Crippen LogP contribution in [-0.2, 0) is 6.42 Å². The second-order valence-electron chi connectivity index (χ2n) is 3.70. The van der Waals surface area contributed by atoms with Crippen LogP contribution in [0.2, 0.25) is 0 Å². The van der Waals surface area contributed by atoms with Crippen LogP contribution in [0.4, 0.5) is 4.39 Å². The SMILES string of the molecule is NNC(Cc1ccccc1F)c1csc(I)c1. The van der Waals surface area contributed by atoms with Gasteiger partial charge in [-0.05, 0) is 57.7 Å². The van der Waals surface area contributed by atoms with Crippen molar-refractivity contribution in [2.45, 2.75) is 12.5 Å². The Morgan fingerprint density at radius 3 is 2.76 bits per heavy atom. The predicted molar refractivity (Wildman–Crippen MR) is 77.2 cm³/mol. The lowest BCUT2D eigenvalue weighted by Gasteiger charge is -2.15. The second kappa shape index (κ2) is 5.90. The van der Waals surface area contributed by atoms with Crippen molar-refractivity contribution in [1.29, 1.82) is 0 Å². The minimum Gasteiger partial charge on any atom is -0.271 e. The van der Waals surface area contributed by atoms with Gasteiger partial charge in [0, 0.05) is 0 Å². The van der Waals surface area contributed by atoms with Crippen LogP contribution < -0.4 is 11.3 Å². The molecule has 1 heterocycles. The van der Waals surface area contributed by atoms with Crippen LogP contribution >= 0.6 is 33.9 Å². The molecule has 0 bridgehead atoms. The first-order valence-corrected chi connectivity index (χ1v) is 7.10. The van der Waals surface area contributed by atoms with Gasteiger partial charge in [0.1, 0.15) is 5.82 Å². The first-order chi connectivity index (χ1) is 8.20. The molecule has 90 valence electrons. The van der Waals surface area contributed by atoms with E-state index in [4.69, 9.17) is 5.84 Å². The van der Waals surface area contributed by atoms with E-state index in [1.165, 1.54) is 8.95 Å². The van der Waals surface area contributed by atoms with E-state index in [1.807, 2.05) is 11.4 Å². The summed E-state index contributed by atoms with van der Waals surface area (Å²) in [6.45, 7) is 0. The van der Waals surface area contributed by atoms with E-state index in [0.717, 1.165) is 5.56 Å². The molecule has 0 aliphatic rings. The summed E-state index contributed by atoms with van der Waals surface area (Å²) in [4.78, 5) is 0. The largest absolute Gasteiger partial charge is 0.271 e. The Bertz CT molecular complexity index is 501. The monoisotopic (exact) mass is 362 g/mol. The lowest BCUT2D eigenvalue weighted by molar-refractivity contribution is 0.530. The van der Waals surface area contributed by atoms with Crippen molar-refractivity contribution in [3.63, 3.8) is 0 Å². The van der Waals surface area contributed by atoms with Gasteiger partial charge in [0.05, 0.1) is 8.93 Å². The summed E-state index contributed by atoms with van der Waals surface area (Å²) in [6, 6.07) is 8.81. The number of hydrazine groups is 1. The summed E-state index contributed by atoms with van der Waals surface area (Å²) in [5.41, 5.74) is 4.52. The predicted octanol–water partition coefficient (Wildman–Crippen LogP) is 3.24. The molecule has 0 amide bonds. The summed E-state index contributed by atoms with van der Waals surface area (Å²) in [7, 11) is 0. The van der Waals surface area contributed by atoms with Crippen LogP contribution in [0.15, 0.2) is 35.7 Å². The molecule has 1 unspecified atom stereocenters. The van der Waals surface area contributed by atoms with E-state index < -0.39 is 0 Å². The van der Waals surface area contributed by atoms with Crippen molar-refractivity contribution < 1.29 is 4.39 Å². The summed E-state index contributed by atoms with van der Waals surface area (Å²) in [6.07, 6.45) is 0.552. The maximum Gasteiger partial charge on any atom is 0.126 e. The molecular weight excluding hydrogens is 350 g/mol. The van der Waals surface area contributed by atoms with E-state index in [1.54, 1.807) is 23.5 Å². The maximum atomic E-state index is 13.5. The molecule has 1 aromatic carbocycles. The molecule has 2 nitrogen and oxygen atoms in total. The van der Waals surface area contributed by atoms with Crippen LogP contribution in [-0.4, -0.2) is 0 Å². The molecule has 0 saturated heterocycles. The first-order valence-electron chi connectivity index (χ1n) is 5.14. The third-order valence-corrected chi connectivity index (χ3v) is 4.38. The Morgan fingerprint density at radius 1 is 1.41 bits per heavy atom. The average Bonchev–Trinajstić information content (AvgIpc) is 2.75. The Kier molecular flexibility index (Phi) is 4.49. The Balaban J connectivity index is 2.18. The first kappa shape index (κ1) is 12.9. The number of halogens is 2. The summed E-state index contributed by atoms with van der Waals surface area (Å²) in [5.74, 6) is 5.36. The molecule has 0 aliphatic heterocycles. The number of thiophene rings is 1. The molecule has 2 aromatic rings. The van der Waals surface area contributed by atoms with E-state index in [2.05, 4.69) is 34.1 Å². The molecule has 0 radical (unpaired) electrons. The number of rotatable bonds is 4. The quantitative estimate of drug-likeness (QED) is 0.498. The van der Waals surface area contributed by atoms with E-state index in [9.17, 15) is 4.39 Å². The van der Waals surface area contributed by atoms with E-state index in [-0.39, 0.29) is 11.9 Å². The standard InChI is InChI=1S/C12H12FIN2S/c13-10-4-2-1-3-8(10)5-11(16-15)9-6-12(14)17-7-9/h1-4,6-7,11,16H,5,15H2. The van der Waals surface area contributed by atoms with E-state index in [0.29, 0.717) is 12.0 Å². The molecular formula is C12H12FIN2S. The highest BCUT2D eigenvalue weighted by atomic mass is 127. The van der Waals surface area contributed by atoms with Gasteiger partial charge in [-0.15, -0.1) is 11.3 Å². The number of nitrogens with one attached hydrogen (secondary N) is 1. The number of nitrogens with two attached hydrogens (primary N) is 1. The molecule has 3 N–H and O–H groups in total. The number of hydrogen-bond donors (Lipinski definition) is 2. The minimum atomic E-state index is -0.183. The maximum absolute atomic E-state index is 13.5. The normalized spacial score (nSPS) is 12.6. The van der Waals surface area contributed by atoms with Crippen molar-refractivity contribution in [3.05, 3.63) is 55.5 Å². The van der Waals surface area contributed by atoms with Gasteiger partial charge in [-0.1, -0.05) is 18.2 Å². The molecule has 5 heteroatoms. The van der Waals surface area contributed by atoms with Crippen molar-refractivity contribution in [3.8, 4) is 0 Å². The second-order valence-corrected chi connectivity index (χ2v) is 6.50. The molecule has 1 atom stereocenters. The molecule has 1 aromatic heterocycles. The molecule has 0 aliphatic carbocycles. The Morgan fingerprint density at radius 2 is 2.18 bits per heavy atom. The van der Waals surface area contributed by atoms with Crippen molar-refractivity contribution in [2.75, 3.05) is 0 Å². The zero-order chi connectivity index (χ0) is 12.3. The van der Waals surface area contributed by atoms with Crippen molar-refractivity contribution in [2.24, 2.45) is 5.84 Å². The summed E-state index contributed by atoms with van der Waals surface area (Å²) >= 11 is 3.92. The smallest absolute Gasteiger partial charge is 0.126 e. The highest BCUT2D eigenvalue weighted by Crippen LogP contribution is 2.25. The van der Waals surface area contributed by atoms with Gasteiger partial charge in [0.15, 0.2) is 0 Å². The average molecular weight is 362 g/mol. The molecule has 0 fully saturated rings. The van der Waals surface area contributed by atoms with Crippen molar-refractivity contribution >= 4 is 33.9 Å². The zero-order valence-corrected chi connectivity index (χ0v) is 12.0. The molecule has 17 heavy (non-hydrogen) atoms. The Hall–Kier alpha value is -0.500. The lowest BCUT2D eigenvalue weighted by atomic mass is 10.0. The number of hydrogen-bond acceptors (Lipinski definition) is 3. The Labute approximate surface area is 117 Å². The van der Waals surface area contributed by atoms with Crippen LogP contribution in [0, 0.1) is 8.70 Å². The van der Waals surface area contributed by atoms with Crippen LogP contribution in [0.25, 0.3) is 0 Å². The molecule has 0 saturated carbocycles. The van der Waals surface area contributed by atoms with Gasteiger partial charge in [-0.2, -0.15) is 0 Å². The van der Waals surface area contributed by atoms with Gasteiger partial charge in [0.25, 0.3) is 0 Å². The highest BCUT2D eigenvalue weighted by Gasteiger charge is 2.14. The zero-order valence-electron chi connectivity index (χ0n) is 8.99. The lowest BCUT2D eigenvalue weighted by Crippen LogP contribution is -2.29. The van der Waals surface area contributed by atoms with Gasteiger partial charge < -0.3 is 0 Å².